The van der Waals surface area contributed by atoms with Crippen molar-refractivity contribution in [3.8, 4) is 28.7 Å². The summed E-state index contributed by atoms with van der Waals surface area (Å²) in [5.41, 5.74) is 1.38. The van der Waals surface area contributed by atoms with Crippen molar-refractivity contribution in [2.75, 3.05) is 35.5 Å². The van der Waals surface area contributed by atoms with Crippen LogP contribution in [0.1, 0.15) is 17.5 Å². The SMILES string of the molecule is COc1cc(OC)c(OC)cc1/C=C/C(=O)CC(=O)/C=C/c1ccc(OC)c(OC)c1. The Bertz CT molecular complexity index is 990. The minimum atomic E-state index is -0.334. The first kappa shape index (κ1) is 23.5. The molecule has 0 amide bonds. The van der Waals surface area contributed by atoms with E-state index in [2.05, 4.69) is 0 Å². The first-order valence-electron chi connectivity index (χ1n) is 9.39. The summed E-state index contributed by atoms with van der Waals surface area (Å²) < 4.78 is 26.3. The van der Waals surface area contributed by atoms with Crippen LogP contribution in [0.25, 0.3) is 12.2 Å². The maximum Gasteiger partial charge on any atom is 0.164 e. The van der Waals surface area contributed by atoms with Crippen LogP contribution in [0.3, 0.4) is 0 Å². The van der Waals surface area contributed by atoms with Crippen molar-refractivity contribution in [2.24, 2.45) is 0 Å². The molecule has 0 N–H and O–H groups in total. The largest absolute Gasteiger partial charge is 0.496 e. The molecule has 0 aliphatic carbocycles. The lowest BCUT2D eigenvalue weighted by Crippen LogP contribution is -2.02. The van der Waals surface area contributed by atoms with Crippen molar-refractivity contribution in [3.63, 3.8) is 0 Å². The van der Waals surface area contributed by atoms with Gasteiger partial charge in [-0.15, -0.1) is 0 Å². The van der Waals surface area contributed by atoms with Crippen LogP contribution in [0.4, 0.5) is 0 Å². The number of carbonyl (C=O) groups is 2. The molecule has 0 aliphatic heterocycles. The van der Waals surface area contributed by atoms with Gasteiger partial charge >= 0.3 is 0 Å². The van der Waals surface area contributed by atoms with Crippen LogP contribution in [0.5, 0.6) is 28.7 Å². The Morgan fingerprint density at radius 3 is 1.74 bits per heavy atom. The number of ketones is 2. The van der Waals surface area contributed by atoms with Crippen LogP contribution < -0.4 is 23.7 Å². The van der Waals surface area contributed by atoms with Crippen molar-refractivity contribution in [2.45, 2.75) is 6.42 Å². The number of ether oxygens (including phenoxy) is 5. The zero-order chi connectivity index (χ0) is 22.8. The molecule has 0 bridgehead atoms. The highest BCUT2D eigenvalue weighted by atomic mass is 16.5. The highest BCUT2D eigenvalue weighted by molar-refractivity contribution is 6.11. The molecule has 0 saturated carbocycles. The van der Waals surface area contributed by atoms with Gasteiger partial charge in [0.2, 0.25) is 0 Å². The quantitative estimate of drug-likeness (QED) is 0.397. The molecule has 0 saturated heterocycles. The molecule has 0 atom stereocenters. The molecule has 0 aliphatic rings. The highest BCUT2D eigenvalue weighted by Gasteiger charge is 2.11. The first-order valence-corrected chi connectivity index (χ1v) is 9.39. The van der Waals surface area contributed by atoms with Crippen molar-refractivity contribution in [1.82, 2.24) is 0 Å². The molecular formula is C24H26O7. The Morgan fingerprint density at radius 2 is 1.16 bits per heavy atom. The van der Waals surface area contributed by atoms with Crippen molar-refractivity contribution in [1.29, 1.82) is 0 Å². The average Bonchev–Trinajstić information content (AvgIpc) is 2.80. The summed E-state index contributed by atoms with van der Waals surface area (Å²) >= 11 is 0. The number of hydrogen-bond acceptors (Lipinski definition) is 7. The number of methoxy groups -OCH3 is 5. The van der Waals surface area contributed by atoms with Crippen LogP contribution in [0, 0.1) is 0 Å². The maximum atomic E-state index is 12.2. The second-order valence-corrected chi connectivity index (χ2v) is 6.34. The van der Waals surface area contributed by atoms with Crippen LogP contribution >= 0.6 is 0 Å². The molecule has 2 aromatic rings. The third kappa shape index (κ3) is 6.37. The lowest BCUT2D eigenvalue weighted by Gasteiger charge is -2.12. The second kappa shape index (κ2) is 11.4. The predicted molar refractivity (Wildman–Crippen MR) is 118 cm³/mol. The molecule has 2 aromatic carbocycles. The van der Waals surface area contributed by atoms with Gasteiger partial charge in [0, 0.05) is 11.6 Å². The van der Waals surface area contributed by atoms with Gasteiger partial charge in [-0.1, -0.05) is 12.1 Å². The zero-order valence-electron chi connectivity index (χ0n) is 18.3. The fourth-order valence-electron chi connectivity index (χ4n) is 2.80. The van der Waals surface area contributed by atoms with E-state index in [0.29, 0.717) is 34.3 Å². The minimum Gasteiger partial charge on any atom is -0.496 e. The van der Waals surface area contributed by atoms with Crippen molar-refractivity contribution in [3.05, 3.63) is 53.6 Å². The minimum absolute atomic E-state index is 0.254. The summed E-state index contributed by atoms with van der Waals surface area (Å²) in [5.74, 6) is 2.03. The van der Waals surface area contributed by atoms with E-state index < -0.39 is 0 Å². The van der Waals surface area contributed by atoms with Gasteiger partial charge in [0.1, 0.15) is 5.75 Å². The molecule has 0 aromatic heterocycles. The molecule has 0 heterocycles. The third-order valence-electron chi connectivity index (χ3n) is 4.40. The number of carbonyl (C=O) groups excluding carboxylic acids is 2. The van der Waals surface area contributed by atoms with Crippen LogP contribution in [-0.2, 0) is 9.59 Å². The molecule has 0 unspecified atom stereocenters. The van der Waals surface area contributed by atoms with Crippen LogP contribution in [-0.4, -0.2) is 47.1 Å². The molecule has 7 heteroatoms. The summed E-state index contributed by atoms with van der Waals surface area (Å²) in [6.45, 7) is 0. The molecule has 0 fully saturated rings. The Labute approximate surface area is 181 Å². The zero-order valence-corrected chi connectivity index (χ0v) is 18.3. The summed E-state index contributed by atoms with van der Waals surface area (Å²) in [6.07, 6.45) is 5.65. The normalized spacial score (nSPS) is 10.9. The van der Waals surface area contributed by atoms with Gasteiger partial charge in [0.05, 0.1) is 42.0 Å². The van der Waals surface area contributed by atoms with E-state index in [9.17, 15) is 9.59 Å². The molecule has 2 rings (SSSR count). The van der Waals surface area contributed by atoms with E-state index in [4.69, 9.17) is 23.7 Å². The summed E-state index contributed by atoms with van der Waals surface area (Å²) in [5, 5.41) is 0. The van der Waals surface area contributed by atoms with E-state index in [0.717, 1.165) is 5.56 Å². The molecular weight excluding hydrogens is 400 g/mol. The second-order valence-electron chi connectivity index (χ2n) is 6.34. The van der Waals surface area contributed by atoms with E-state index in [-0.39, 0.29) is 18.0 Å². The molecule has 7 nitrogen and oxygen atoms in total. The molecule has 0 spiro atoms. The van der Waals surface area contributed by atoms with E-state index in [1.165, 1.54) is 40.6 Å². The van der Waals surface area contributed by atoms with Gasteiger partial charge in [-0.05, 0) is 42.0 Å². The Kier molecular flexibility index (Phi) is 8.69. The van der Waals surface area contributed by atoms with Crippen LogP contribution in [0.15, 0.2) is 42.5 Å². The van der Waals surface area contributed by atoms with Gasteiger partial charge in [0.25, 0.3) is 0 Å². The van der Waals surface area contributed by atoms with Crippen LogP contribution in [0.2, 0.25) is 0 Å². The van der Waals surface area contributed by atoms with Crippen molar-refractivity contribution < 1.29 is 33.3 Å². The standard InChI is InChI=1S/C24H26O7/c1-27-20-11-7-16(12-22(20)29-3)6-9-18(25)14-19(26)10-8-17-13-23(30-4)24(31-5)15-21(17)28-2/h6-13,15H,14H2,1-5H3/b9-6+,10-8+. The maximum absolute atomic E-state index is 12.2. The monoisotopic (exact) mass is 426 g/mol. The van der Waals surface area contributed by atoms with E-state index >= 15 is 0 Å². The fraction of sp³-hybridized carbons (Fsp3) is 0.250. The van der Waals surface area contributed by atoms with Gasteiger partial charge in [0.15, 0.2) is 34.6 Å². The fourth-order valence-corrected chi connectivity index (χ4v) is 2.80. The number of benzene rings is 2. The first-order chi connectivity index (χ1) is 14.9. The van der Waals surface area contributed by atoms with Crippen molar-refractivity contribution >= 4 is 23.7 Å². The topological polar surface area (TPSA) is 80.3 Å². The molecule has 31 heavy (non-hydrogen) atoms. The van der Waals surface area contributed by atoms with E-state index in [1.807, 2.05) is 0 Å². The lowest BCUT2D eigenvalue weighted by atomic mass is 10.1. The predicted octanol–water partition coefficient (Wildman–Crippen LogP) is 3.98. The Hall–Kier alpha value is -3.74. The summed E-state index contributed by atoms with van der Waals surface area (Å²) in [4.78, 5) is 24.4. The Balaban J connectivity index is 2.06. The number of allylic oxidation sites excluding steroid dienone is 2. The Morgan fingerprint density at radius 1 is 0.645 bits per heavy atom. The molecule has 164 valence electrons. The van der Waals surface area contributed by atoms with Gasteiger partial charge < -0.3 is 23.7 Å². The smallest absolute Gasteiger partial charge is 0.164 e. The summed E-state index contributed by atoms with van der Waals surface area (Å²) in [6, 6.07) is 8.64. The van der Waals surface area contributed by atoms with Gasteiger partial charge in [-0.3, -0.25) is 9.59 Å². The number of hydrogen-bond donors (Lipinski definition) is 0. The highest BCUT2D eigenvalue weighted by Crippen LogP contribution is 2.35. The third-order valence-corrected chi connectivity index (χ3v) is 4.40. The van der Waals surface area contributed by atoms with E-state index in [1.54, 1.807) is 49.6 Å². The lowest BCUT2D eigenvalue weighted by molar-refractivity contribution is -0.121. The van der Waals surface area contributed by atoms with Gasteiger partial charge in [-0.2, -0.15) is 0 Å². The summed E-state index contributed by atoms with van der Waals surface area (Å²) in [7, 11) is 7.65. The average molecular weight is 426 g/mol. The number of rotatable bonds is 11. The molecule has 0 radical (unpaired) electrons. The van der Waals surface area contributed by atoms with Gasteiger partial charge in [-0.25, -0.2) is 0 Å².